The zero-order valence-corrected chi connectivity index (χ0v) is 11.1. The number of piperazine rings is 1. The van der Waals surface area contributed by atoms with Gasteiger partial charge in [0.1, 0.15) is 5.82 Å². The zero-order valence-electron chi connectivity index (χ0n) is 11.1. The number of aliphatic carboxylic acids is 1. The molecule has 1 fully saturated rings. The molecule has 1 saturated heterocycles. The monoisotopic (exact) mass is 266 g/mol. The smallest absolute Gasteiger partial charge is 0.303 e. The fourth-order valence-electron chi connectivity index (χ4n) is 2.55. The van der Waals surface area contributed by atoms with Crippen molar-refractivity contribution in [2.45, 2.75) is 18.9 Å². The molecule has 19 heavy (non-hydrogen) atoms. The quantitative estimate of drug-likeness (QED) is 0.902. The van der Waals surface area contributed by atoms with Gasteiger partial charge in [0.05, 0.1) is 5.69 Å². The average molecular weight is 266 g/mol. The number of anilines is 1. The van der Waals surface area contributed by atoms with Crippen molar-refractivity contribution in [3.8, 4) is 0 Å². The molecule has 0 bridgehead atoms. The van der Waals surface area contributed by atoms with E-state index >= 15 is 0 Å². The van der Waals surface area contributed by atoms with Gasteiger partial charge in [-0.15, -0.1) is 0 Å². The van der Waals surface area contributed by atoms with Crippen LogP contribution >= 0.6 is 0 Å². The number of rotatable bonds is 4. The van der Waals surface area contributed by atoms with Crippen LogP contribution in [0.4, 0.5) is 10.1 Å². The van der Waals surface area contributed by atoms with Gasteiger partial charge in [-0.2, -0.15) is 0 Å². The lowest BCUT2D eigenvalue weighted by atomic mass is 10.1. The molecule has 1 unspecified atom stereocenters. The van der Waals surface area contributed by atoms with Crippen molar-refractivity contribution in [1.29, 1.82) is 0 Å². The molecule has 1 aliphatic heterocycles. The molecule has 1 heterocycles. The van der Waals surface area contributed by atoms with Crippen molar-refractivity contribution in [1.82, 2.24) is 4.90 Å². The lowest BCUT2D eigenvalue weighted by Crippen LogP contribution is -2.52. The highest BCUT2D eigenvalue weighted by molar-refractivity contribution is 5.66. The summed E-state index contributed by atoms with van der Waals surface area (Å²) in [6, 6.07) is 6.73. The number of hydrogen-bond acceptors (Lipinski definition) is 3. The van der Waals surface area contributed by atoms with Crippen LogP contribution in [0.5, 0.6) is 0 Å². The third kappa shape index (κ3) is 3.44. The van der Waals surface area contributed by atoms with Crippen LogP contribution in [0.25, 0.3) is 0 Å². The molecule has 1 N–H and O–H groups in total. The molecule has 0 radical (unpaired) electrons. The second-order valence-corrected chi connectivity index (χ2v) is 4.99. The molecular weight excluding hydrogens is 247 g/mol. The first-order valence-corrected chi connectivity index (χ1v) is 6.49. The van der Waals surface area contributed by atoms with Crippen molar-refractivity contribution in [2.24, 2.45) is 0 Å². The number of carboxylic acid groups (broad SMARTS) is 1. The summed E-state index contributed by atoms with van der Waals surface area (Å²) in [5, 5.41) is 8.82. The molecule has 1 aliphatic rings. The number of hydrogen-bond donors (Lipinski definition) is 1. The van der Waals surface area contributed by atoms with Gasteiger partial charge < -0.3 is 14.9 Å². The van der Waals surface area contributed by atoms with E-state index in [1.165, 1.54) is 6.07 Å². The first-order chi connectivity index (χ1) is 9.08. The Kier molecular flexibility index (Phi) is 4.37. The summed E-state index contributed by atoms with van der Waals surface area (Å²) in [6.45, 7) is 2.35. The van der Waals surface area contributed by atoms with Crippen LogP contribution in [0.15, 0.2) is 24.3 Å². The summed E-state index contributed by atoms with van der Waals surface area (Å²) in [6.07, 6.45) is 0.650. The number of nitrogens with zero attached hydrogens (tertiary/aromatic N) is 2. The molecule has 2 rings (SSSR count). The molecular formula is C14H19FN2O2. The van der Waals surface area contributed by atoms with Crippen LogP contribution in [0.1, 0.15) is 12.8 Å². The van der Waals surface area contributed by atoms with Crippen molar-refractivity contribution < 1.29 is 14.3 Å². The molecule has 0 saturated carbocycles. The maximum Gasteiger partial charge on any atom is 0.303 e. The Morgan fingerprint density at radius 2 is 2.16 bits per heavy atom. The molecule has 0 spiro atoms. The highest BCUT2D eigenvalue weighted by Crippen LogP contribution is 2.25. The fraction of sp³-hybridized carbons (Fsp3) is 0.500. The number of carboxylic acids is 1. The average Bonchev–Trinajstić information content (AvgIpc) is 2.37. The van der Waals surface area contributed by atoms with Crippen LogP contribution in [-0.2, 0) is 4.79 Å². The van der Waals surface area contributed by atoms with Crippen LogP contribution in [0, 0.1) is 5.82 Å². The third-order valence-corrected chi connectivity index (χ3v) is 3.54. The molecule has 0 aliphatic carbocycles. The summed E-state index contributed by atoms with van der Waals surface area (Å²) in [5.41, 5.74) is 0.575. The van der Waals surface area contributed by atoms with E-state index < -0.39 is 5.97 Å². The van der Waals surface area contributed by atoms with Crippen molar-refractivity contribution in [2.75, 3.05) is 31.6 Å². The normalized spacial score (nSPS) is 20.5. The summed E-state index contributed by atoms with van der Waals surface area (Å²) in [5.74, 6) is -1.05. The molecule has 0 aromatic heterocycles. The minimum Gasteiger partial charge on any atom is -0.481 e. The molecule has 1 atom stereocenters. The molecule has 1 aromatic rings. The Hall–Kier alpha value is -1.62. The van der Waals surface area contributed by atoms with E-state index in [0.29, 0.717) is 12.1 Å². The SMILES string of the molecule is CN1CCN(c2ccccc2F)C(CCC(=O)O)C1. The number of likely N-dealkylation sites (N-methyl/N-ethyl adjacent to an activating group) is 1. The predicted molar refractivity (Wildman–Crippen MR) is 71.9 cm³/mol. The van der Waals surface area contributed by atoms with Crippen molar-refractivity contribution in [3.05, 3.63) is 30.1 Å². The van der Waals surface area contributed by atoms with E-state index in [1.54, 1.807) is 12.1 Å². The maximum atomic E-state index is 13.9. The second kappa shape index (κ2) is 6.02. The van der Waals surface area contributed by atoms with Gasteiger partial charge in [0.15, 0.2) is 0 Å². The Morgan fingerprint density at radius 3 is 2.84 bits per heavy atom. The van der Waals surface area contributed by atoms with Gasteiger partial charge in [0, 0.05) is 32.1 Å². The van der Waals surface area contributed by atoms with E-state index in [9.17, 15) is 9.18 Å². The van der Waals surface area contributed by atoms with Gasteiger partial charge in [-0.3, -0.25) is 4.79 Å². The minimum absolute atomic E-state index is 0.0479. The van der Waals surface area contributed by atoms with Gasteiger partial charge in [0.25, 0.3) is 0 Å². The van der Waals surface area contributed by atoms with E-state index in [-0.39, 0.29) is 18.3 Å². The Morgan fingerprint density at radius 1 is 1.42 bits per heavy atom. The van der Waals surface area contributed by atoms with Crippen LogP contribution in [-0.4, -0.2) is 48.7 Å². The van der Waals surface area contributed by atoms with Gasteiger partial charge in [0.2, 0.25) is 0 Å². The standard InChI is InChI=1S/C14H19FN2O2/c1-16-8-9-17(11(10-16)6-7-14(18)19)13-5-3-2-4-12(13)15/h2-5,11H,6-10H2,1H3,(H,18,19). The summed E-state index contributed by atoms with van der Waals surface area (Å²) in [4.78, 5) is 14.9. The van der Waals surface area contributed by atoms with Crippen LogP contribution < -0.4 is 4.90 Å². The summed E-state index contributed by atoms with van der Waals surface area (Å²) in [7, 11) is 2.01. The van der Waals surface area contributed by atoms with Crippen LogP contribution in [0.2, 0.25) is 0 Å². The summed E-state index contributed by atoms with van der Waals surface area (Å²) >= 11 is 0. The highest BCUT2D eigenvalue weighted by atomic mass is 19.1. The number of para-hydroxylation sites is 1. The molecule has 104 valence electrons. The number of benzene rings is 1. The van der Waals surface area contributed by atoms with Crippen molar-refractivity contribution in [3.63, 3.8) is 0 Å². The molecule has 0 amide bonds. The Bertz CT molecular complexity index is 453. The van der Waals surface area contributed by atoms with Crippen LogP contribution in [0.3, 0.4) is 0 Å². The predicted octanol–water partition coefficient (Wildman–Crippen LogP) is 1.81. The third-order valence-electron chi connectivity index (χ3n) is 3.54. The number of carbonyl (C=O) groups is 1. The topological polar surface area (TPSA) is 43.8 Å². The first kappa shape index (κ1) is 13.8. The van der Waals surface area contributed by atoms with Crippen molar-refractivity contribution >= 4 is 11.7 Å². The van der Waals surface area contributed by atoms with E-state index in [0.717, 1.165) is 19.6 Å². The van der Waals surface area contributed by atoms with Gasteiger partial charge in [-0.1, -0.05) is 12.1 Å². The largest absolute Gasteiger partial charge is 0.481 e. The Labute approximate surface area is 112 Å². The second-order valence-electron chi connectivity index (χ2n) is 4.99. The zero-order chi connectivity index (χ0) is 13.8. The lowest BCUT2D eigenvalue weighted by Gasteiger charge is -2.41. The fourth-order valence-corrected chi connectivity index (χ4v) is 2.55. The van der Waals surface area contributed by atoms with E-state index in [4.69, 9.17) is 5.11 Å². The molecule has 1 aromatic carbocycles. The van der Waals surface area contributed by atoms with E-state index in [2.05, 4.69) is 4.90 Å². The van der Waals surface area contributed by atoms with Gasteiger partial charge >= 0.3 is 5.97 Å². The van der Waals surface area contributed by atoms with Gasteiger partial charge in [-0.05, 0) is 25.6 Å². The summed E-state index contributed by atoms with van der Waals surface area (Å²) < 4.78 is 13.9. The Balaban J connectivity index is 2.16. The van der Waals surface area contributed by atoms with E-state index in [1.807, 2.05) is 18.0 Å². The van der Waals surface area contributed by atoms with Gasteiger partial charge in [-0.25, -0.2) is 4.39 Å². The highest BCUT2D eigenvalue weighted by Gasteiger charge is 2.27. The number of halogens is 1. The molecule has 4 nitrogen and oxygen atoms in total. The lowest BCUT2D eigenvalue weighted by molar-refractivity contribution is -0.137. The minimum atomic E-state index is -0.804. The first-order valence-electron chi connectivity index (χ1n) is 6.49. The molecule has 5 heteroatoms. The maximum absolute atomic E-state index is 13.9.